The van der Waals surface area contributed by atoms with Crippen molar-refractivity contribution in [2.45, 2.75) is 52.6 Å². The van der Waals surface area contributed by atoms with E-state index in [1.165, 1.54) is 0 Å². The van der Waals surface area contributed by atoms with Crippen molar-refractivity contribution in [1.29, 1.82) is 0 Å². The summed E-state index contributed by atoms with van der Waals surface area (Å²) in [5.41, 5.74) is 2.01. The molecule has 1 heterocycles. The molecule has 3 rings (SSSR count). The molecule has 0 aliphatic rings. The molecule has 0 fully saturated rings. The first kappa shape index (κ1) is 25.9. The molecule has 1 unspecified atom stereocenters. The molecule has 3 aromatic rings. The first-order valence-electron chi connectivity index (χ1n) is 11.9. The van der Waals surface area contributed by atoms with Crippen molar-refractivity contribution >= 4 is 45.4 Å². The van der Waals surface area contributed by atoms with Crippen LogP contribution >= 0.6 is 15.9 Å². The van der Waals surface area contributed by atoms with Crippen LogP contribution < -0.4 is 30.1 Å². The number of nitrogens with one attached hydrogen (secondary N) is 1. The number of pyridine rings is 1. The Kier molecular flexibility index (Phi) is 9.22. The van der Waals surface area contributed by atoms with Crippen LogP contribution in [-0.4, -0.2) is 31.8 Å². The van der Waals surface area contributed by atoms with Crippen molar-refractivity contribution in [1.82, 2.24) is 10.3 Å². The van der Waals surface area contributed by atoms with E-state index in [1.807, 2.05) is 12.1 Å². The van der Waals surface area contributed by atoms with Gasteiger partial charge in [0.25, 0.3) is 0 Å². The van der Waals surface area contributed by atoms with Crippen molar-refractivity contribution in [2.75, 3.05) is 25.7 Å². The Morgan fingerprint density at radius 2 is 1.94 bits per heavy atom. The van der Waals surface area contributed by atoms with E-state index < -0.39 is 0 Å². The lowest BCUT2D eigenvalue weighted by Gasteiger charge is -2.31. The second-order valence-electron chi connectivity index (χ2n) is 8.50. The van der Waals surface area contributed by atoms with Gasteiger partial charge in [-0.2, -0.15) is 0 Å². The minimum Gasteiger partial charge on any atom is -0.497 e. The summed E-state index contributed by atoms with van der Waals surface area (Å²) >= 11 is 3.62. The molecule has 0 bridgehead atoms. The standard InChI is InChI=1S/C28H36BrN3O2/c1-7-9-14-30-17-25-20(4)28(31-26-15-22(29)11-13-24(25)26)32(19(3)8-2)18-21-10-12-23(33-5)16-27(21)34-6/h10-13,15-17,19,30H,4,7-9,14,18H2,1-3,5-6H3/b25-17+. The van der Waals surface area contributed by atoms with Crippen molar-refractivity contribution < 1.29 is 9.47 Å². The van der Waals surface area contributed by atoms with Crippen LogP contribution in [-0.2, 0) is 6.54 Å². The van der Waals surface area contributed by atoms with Gasteiger partial charge in [0.2, 0.25) is 0 Å². The quantitative estimate of drug-likeness (QED) is 0.341. The molecule has 182 valence electrons. The highest BCUT2D eigenvalue weighted by atomic mass is 79.9. The predicted molar refractivity (Wildman–Crippen MR) is 147 cm³/mol. The van der Waals surface area contributed by atoms with Crippen LogP contribution in [0.3, 0.4) is 0 Å². The van der Waals surface area contributed by atoms with Crippen LogP contribution in [0.1, 0.15) is 45.6 Å². The first-order valence-corrected chi connectivity index (χ1v) is 12.7. The maximum absolute atomic E-state index is 5.69. The minimum absolute atomic E-state index is 0.255. The normalized spacial score (nSPS) is 12.6. The summed E-state index contributed by atoms with van der Waals surface area (Å²) < 4.78 is 12.1. The van der Waals surface area contributed by atoms with Gasteiger partial charge in [0.05, 0.1) is 19.7 Å². The zero-order valence-corrected chi connectivity index (χ0v) is 22.5. The SMILES string of the molecule is C=c1c(N(Cc2ccc(OC)cc2OC)C(C)CC)nc2cc(Br)ccc2/c1=C/NCCCC. The van der Waals surface area contributed by atoms with Crippen LogP contribution in [0.15, 0.2) is 40.9 Å². The molecule has 6 heteroatoms. The molecule has 1 aromatic heterocycles. The molecule has 0 saturated heterocycles. The van der Waals surface area contributed by atoms with E-state index in [1.54, 1.807) is 14.2 Å². The number of aromatic nitrogens is 1. The third-order valence-corrected chi connectivity index (χ3v) is 6.72. The van der Waals surface area contributed by atoms with E-state index in [-0.39, 0.29) is 6.04 Å². The van der Waals surface area contributed by atoms with E-state index >= 15 is 0 Å². The Hall–Kier alpha value is -2.73. The largest absolute Gasteiger partial charge is 0.497 e. The number of rotatable bonds is 11. The number of hydrogen-bond donors (Lipinski definition) is 1. The van der Waals surface area contributed by atoms with Gasteiger partial charge in [-0.1, -0.05) is 48.8 Å². The zero-order valence-electron chi connectivity index (χ0n) is 21.0. The molecule has 0 spiro atoms. The molecule has 0 aliphatic carbocycles. The van der Waals surface area contributed by atoms with E-state index in [4.69, 9.17) is 14.5 Å². The Bertz CT molecular complexity index is 1230. The van der Waals surface area contributed by atoms with Gasteiger partial charge in [-0.15, -0.1) is 0 Å². The lowest BCUT2D eigenvalue weighted by atomic mass is 10.1. The Morgan fingerprint density at radius 1 is 1.15 bits per heavy atom. The fraction of sp³-hybridized carbons (Fsp3) is 0.393. The maximum atomic E-state index is 5.69. The summed E-state index contributed by atoms with van der Waals surface area (Å²) in [6.07, 6.45) is 5.35. The topological polar surface area (TPSA) is 46.6 Å². The second-order valence-corrected chi connectivity index (χ2v) is 9.42. The molecule has 2 aromatic carbocycles. The number of unbranched alkanes of at least 4 members (excludes halogenated alkanes) is 1. The molecule has 34 heavy (non-hydrogen) atoms. The molecule has 5 nitrogen and oxygen atoms in total. The Balaban J connectivity index is 2.17. The number of halogens is 1. The van der Waals surface area contributed by atoms with E-state index in [0.29, 0.717) is 6.54 Å². The third kappa shape index (κ3) is 5.84. The van der Waals surface area contributed by atoms with Crippen molar-refractivity contribution in [3.05, 3.63) is 56.9 Å². The monoisotopic (exact) mass is 525 g/mol. The van der Waals surface area contributed by atoms with Crippen LogP contribution in [0.2, 0.25) is 0 Å². The molecule has 1 N–H and O–H groups in total. The zero-order chi connectivity index (χ0) is 24.7. The van der Waals surface area contributed by atoms with Gasteiger partial charge < -0.3 is 19.7 Å². The van der Waals surface area contributed by atoms with Crippen LogP contribution in [0.5, 0.6) is 11.5 Å². The second kappa shape index (κ2) is 12.1. The summed E-state index contributed by atoms with van der Waals surface area (Å²) in [4.78, 5) is 7.45. The third-order valence-electron chi connectivity index (χ3n) is 6.22. The Morgan fingerprint density at radius 3 is 2.62 bits per heavy atom. The average Bonchev–Trinajstić information content (AvgIpc) is 2.85. The number of nitrogens with zero attached hydrogens (tertiary/aromatic N) is 2. The molecule has 0 amide bonds. The predicted octanol–water partition coefficient (Wildman–Crippen LogP) is 5.36. The fourth-order valence-corrected chi connectivity index (χ4v) is 4.32. The van der Waals surface area contributed by atoms with Gasteiger partial charge in [0, 0.05) is 57.3 Å². The van der Waals surface area contributed by atoms with Crippen LogP contribution in [0, 0.1) is 0 Å². The van der Waals surface area contributed by atoms with E-state index in [2.05, 4.69) is 84.0 Å². The van der Waals surface area contributed by atoms with Crippen molar-refractivity contribution in [2.24, 2.45) is 0 Å². The van der Waals surface area contributed by atoms with Gasteiger partial charge >= 0.3 is 0 Å². The average molecular weight is 527 g/mol. The number of benzene rings is 2. The highest BCUT2D eigenvalue weighted by molar-refractivity contribution is 9.10. The first-order chi connectivity index (χ1) is 16.4. The Labute approximate surface area is 211 Å². The van der Waals surface area contributed by atoms with E-state index in [0.717, 1.165) is 74.5 Å². The lowest BCUT2D eigenvalue weighted by Crippen LogP contribution is -2.41. The molecule has 0 aliphatic heterocycles. The number of anilines is 1. The summed E-state index contributed by atoms with van der Waals surface area (Å²) in [5, 5.41) is 6.58. The number of fused-ring (bicyclic) bond motifs is 1. The minimum atomic E-state index is 0.255. The summed E-state index contributed by atoms with van der Waals surface area (Å²) in [6.45, 7) is 12.7. The number of methoxy groups -OCH3 is 2. The van der Waals surface area contributed by atoms with Gasteiger partial charge in [-0.25, -0.2) is 4.98 Å². The van der Waals surface area contributed by atoms with Crippen LogP contribution in [0.4, 0.5) is 5.82 Å². The highest BCUT2D eigenvalue weighted by Crippen LogP contribution is 2.28. The summed E-state index contributed by atoms with van der Waals surface area (Å²) in [6, 6.07) is 12.5. The maximum Gasteiger partial charge on any atom is 0.137 e. The molecule has 0 saturated carbocycles. The van der Waals surface area contributed by atoms with Crippen molar-refractivity contribution in [3.8, 4) is 11.5 Å². The molecular weight excluding hydrogens is 490 g/mol. The number of hydrogen-bond acceptors (Lipinski definition) is 5. The van der Waals surface area contributed by atoms with Crippen molar-refractivity contribution in [3.63, 3.8) is 0 Å². The van der Waals surface area contributed by atoms with Crippen LogP contribution in [0.25, 0.3) is 23.7 Å². The van der Waals surface area contributed by atoms with Gasteiger partial charge in [-0.05, 0) is 44.0 Å². The van der Waals surface area contributed by atoms with Gasteiger partial charge in [0.1, 0.15) is 17.3 Å². The molecule has 1 atom stereocenters. The highest BCUT2D eigenvalue weighted by Gasteiger charge is 2.20. The van der Waals surface area contributed by atoms with E-state index in [9.17, 15) is 0 Å². The van der Waals surface area contributed by atoms with Gasteiger partial charge in [-0.3, -0.25) is 0 Å². The fourth-order valence-electron chi connectivity index (χ4n) is 3.97. The number of ether oxygens (including phenoxy) is 2. The smallest absolute Gasteiger partial charge is 0.137 e. The molecule has 0 radical (unpaired) electrons. The summed E-state index contributed by atoms with van der Waals surface area (Å²) in [5.74, 6) is 2.47. The summed E-state index contributed by atoms with van der Waals surface area (Å²) in [7, 11) is 3.36. The lowest BCUT2D eigenvalue weighted by molar-refractivity contribution is 0.390. The molecular formula is C28H36BrN3O2. The van der Waals surface area contributed by atoms with Gasteiger partial charge in [0.15, 0.2) is 0 Å².